The van der Waals surface area contributed by atoms with Crippen molar-refractivity contribution < 1.29 is 4.79 Å². The quantitative estimate of drug-likeness (QED) is 0.693. The molecule has 4 nitrogen and oxygen atoms in total. The first-order chi connectivity index (χ1) is 9.58. The molecule has 2 rings (SSSR count). The van der Waals surface area contributed by atoms with Crippen LogP contribution in [0.1, 0.15) is 5.56 Å². The molecule has 1 aromatic carbocycles. The van der Waals surface area contributed by atoms with Crippen LogP contribution >= 0.6 is 15.9 Å². The molecule has 1 N–H and O–H groups in total. The Bertz CT molecular complexity index is 710. The molecule has 0 spiro atoms. The standard InChI is InChI=1S/C15H12BrN3O/c1-19-6-5-11(10-19)7-12(9-17)15(20)18-14-4-2-3-13(16)8-14/h2-8,10H,1H3,(H,18,20)/b12-7+. The molecule has 0 saturated carbocycles. The van der Waals surface area contributed by atoms with Crippen molar-refractivity contribution in [2.45, 2.75) is 0 Å². The second-order valence-corrected chi connectivity index (χ2v) is 5.16. The lowest BCUT2D eigenvalue weighted by molar-refractivity contribution is -0.112. The van der Waals surface area contributed by atoms with E-state index in [1.165, 1.54) is 0 Å². The van der Waals surface area contributed by atoms with Crippen molar-refractivity contribution in [3.8, 4) is 6.07 Å². The number of aromatic nitrogens is 1. The largest absolute Gasteiger partial charge is 0.357 e. The number of rotatable bonds is 3. The van der Waals surface area contributed by atoms with Crippen LogP contribution in [0.2, 0.25) is 0 Å². The van der Waals surface area contributed by atoms with E-state index in [0.29, 0.717) is 5.69 Å². The van der Waals surface area contributed by atoms with Crippen molar-refractivity contribution in [3.63, 3.8) is 0 Å². The first kappa shape index (κ1) is 14.1. The van der Waals surface area contributed by atoms with E-state index in [9.17, 15) is 4.79 Å². The Morgan fingerprint density at radius 3 is 2.85 bits per heavy atom. The molecule has 0 aliphatic rings. The van der Waals surface area contributed by atoms with E-state index in [1.54, 1.807) is 18.2 Å². The Morgan fingerprint density at radius 2 is 2.25 bits per heavy atom. The van der Waals surface area contributed by atoms with Gasteiger partial charge in [0, 0.05) is 29.6 Å². The highest BCUT2D eigenvalue weighted by Crippen LogP contribution is 2.16. The van der Waals surface area contributed by atoms with Gasteiger partial charge in [0.2, 0.25) is 0 Å². The first-order valence-electron chi connectivity index (χ1n) is 5.89. The molecular weight excluding hydrogens is 318 g/mol. The Balaban J connectivity index is 2.18. The fraction of sp³-hybridized carbons (Fsp3) is 0.0667. The number of carbonyl (C=O) groups excluding carboxylic acids is 1. The Morgan fingerprint density at radius 1 is 1.45 bits per heavy atom. The number of hydrogen-bond donors (Lipinski definition) is 1. The van der Waals surface area contributed by atoms with E-state index in [-0.39, 0.29) is 5.57 Å². The smallest absolute Gasteiger partial charge is 0.266 e. The zero-order valence-electron chi connectivity index (χ0n) is 10.8. The lowest BCUT2D eigenvalue weighted by Crippen LogP contribution is -2.13. The highest BCUT2D eigenvalue weighted by molar-refractivity contribution is 9.10. The Labute approximate surface area is 125 Å². The number of anilines is 1. The molecule has 2 aromatic rings. The van der Waals surface area contributed by atoms with Crippen LogP contribution in [0.4, 0.5) is 5.69 Å². The SMILES string of the molecule is Cn1ccc(/C=C(\C#N)C(=O)Nc2cccc(Br)c2)c1. The van der Waals surface area contributed by atoms with Crippen LogP contribution in [-0.2, 0) is 11.8 Å². The summed E-state index contributed by atoms with van der Waals surface area (Å²) in [6.07, 6.45) is 5.25. The van der Waals surface area contributed by atoms with E-state index in [4.69, 9.17) is 5.26 Å². The minimum atomic E-state index is -0.422. The number of nitriles is 1. The van der Waals surface area contributed by atoms with Gasteiger partial charge in [0.05, 0.1) is 0 Å². The summed E-state index contributed by atoms with van der Waals surface area (Å²) in [7, 11) is 1.88. The van der Waals surface area contributed by atoms with Crippen molar-refractivity contribution in [1.29, 1.82) is 5.26 Å². The van der Waals surface area contributed by atoms with Gasteiger partial charge in [-0.25, -0.2) is 0 Å². The molecule has 100 valence electrons. The third-order valence-electron chi connectivity index (χ3n) is 2.61. The molecule has 0 unspecified atom stereocenters. The summed E-state index contributed by atoms with van der Waals surface area (Å²) in [5, 5.41) is 11.8. The zero-order chi connectivity index (χ0) is 14.5. The molecule has 0 atom stereocenters. The minimum absolute atomic E-state index is 0.0659. The maximum atomic E-state index is 12.0. The van der Waals surface area contributed by atoms with Crippen LogP contribution in [0.25, 0.3) is 6.08 Å². The van der Waals surface area contributed by atoms with Crippen molar-refractivity contribution in [1.82, 2.24) is 4.57 Å². The van der Waals surface area contributed by atoms with Gasteiger partial charge in [-0.05, 0) is 35.9 Å². The number of nitrogens with one attached hydrogen (secondary N) is 1. The van der Waals surface area contributed by atoms with Crippen LogP contribution in [0.15, 0.2) is 52.8 Å². The normalized spacial score (nSPS) is 10.9. The van der Waals surface area contributed by atoms with Gasteiger partial charge in [-0.3, -0.25) is 4.79 Å². The summed E-state index contributed by atoms with van der Waals surface area (Å²) in [5.74, 6) is -0.422. The van der Waals surface area contributed by atoms with Gasteiger partial charge in [0.15, 0.2) is 0 Å². The van der Waals surface area contributed by atoms with Crippen molar-refractivity contribution in [3.05, 3.63) is 58.3 Å². The van der Waals surface area contributed by atoms with E-state index < -0.39 is 5.91 Å². The fourth-order valence-electron chi connectivity index (χ4n) is 1.69. The third kappa shape index (κ3) is 3.59. The van der Waals surface area contributed by atoms with Gasteiger partial charge < -0.3 is 9.88 Å². The number of halogens is 1. The summed E-state index contributed by atoms with van der Waals surface area (Å²) in [6.45, 7) is 0. The lowest BCUT2D eigenvalue weighted by Gasteiger charge is -2.04. The second-order valence-electron chi connectivity index (χ2n) is 4.24. The lowest BCUT2D eigenvalue weighted by atomic mass is 10.2. The molecular formula is C15H12BrN3O. The van der Waals surface area contributed by atoms with Crippen LogP contribution in [0, 0.1) is 11.3 Å². The van der Waals surface area contributed by atoms with Crippen LogP contribution in [0.5, 0.6) is 0 Å². The predicted octanol–water partition coefficient (Wildman–Crippen LogP) is 3.33. The highest BCUT2D eigenvalue weighted by Gasteiger charge is 2.09. The van der Waals surface area contributed by atoms with E-state index in [0.717, 1.165) is 10.0 Å². The van der Waals surface area contributed by atoms with E-state index >= 15 is 0 Å². The van der Waals surface area contributed by atoms with Crippen LogP contribution < -0.4 is 5.32 Å². The average Bonchev–Trinajstić information content (AvgIpc) is 2.81. The Kier molecular flexibility index (Phi) is 4.38. The summed E-state index contributed by atoms with van der Waals surface area (Å²) >= 11 is 3.33. The second kappa shape index (κ2) is 6.22. The van der Waals surface area contributed by atoms with E-state index in [1.807, 2.05) is 48.3 Å². The molecule has 5 heteroatoms. The summed E-state index contributed by atoms with van der Waals surface area (Å²) in [4.78, 5) is 12.0. The number of carbonyl (C=O) groups is 1. The summed E-state index contributed by atoms with van der Waals surface area (Å²) in [5.41, 5.74) is 1.52. The summed E-state index contributed by atoms with van der Waals surface area (Å²) < 4.78 is 2.72. The van der Waals surface area contributed by atoms with Gasteiger partial charge in [-0.2, -0.15) is 5.26 Å². The topological polar surface area (TPSA) is 57.8 Å². The molecule has 0 radical (unpaired) electrons. The number of benzene rings is 1. The first-order valence-corrected chi connectivity index (χ1v) is 6.68. The molecule has 1 aromatic heterocycles. The monoisotopic (exact) mass is 329 g/mol. The van der Waals surface area contributed by atoms with Crippen molar-refractivity contribution >= 4 is 33.6 Å². The molecule has 1 amide bonds. The summed E-state index contributed by atoms with van der Waals surface area (Å²) in [6, 6.07) is 11.0. The number of aryl methyl sites for hydroxylation is 1. The van der Waals surface area contributed by atoms with Gasteiger partial charge in [-0.15, -0.1) is 0 Å². The molecule has 0 saturated heterocycles. The molecule has 0 aliphatic carbocycles. The fourth-order valence-corrected chi connectivity index (χ4v) is 2.09. The van der Waals surface area contributed by atoms with Gasteiger partial charge >= 0.3 is 0 Å². The molecule has 0 aliphatic heterocycles. The van der Waals surface area contributed by atoms with Crippen molar-refractivity contribution in [2.75, 3.05) is 5.32 Å². The highest BCUT2D eigenvalue weighted by atomic mass is 79.9. The van der Waals surface area contributed by atoms with Crippen LogP contribution in [-0.4, -0.2) is 10.5 Å². The van der Waals surface area contributed by atoms with Gasteiger partial charge in [0.25, 0.3) is 5.91 Å². The molecule has 0 bridgehead atoms. The van der Waals surface area contributed by atoms with Gasteiger partial charge in [-0.1, -0.05) is 22.0 Å². The molecule has 0 fully saturated rings. The number of amides is 1. The zero-order valence-corrected chi connectivity index (χ0v) is 12.4. The number of nitrogens with zero attached hydrogens (tertiary/aromatic N) is 2. The van der Waals surface area contributed by atoms with Crippen LogP contribution in [0.3, 0.4) is 0 Å². The maximum absolute atomic E-state index is 12.0. The van der Waals surface area contributed by atoms with E-state index in [2.05, 4.69) is 21.2 Å². The van der Waals surface area contributed by atoms with Gasteiger partial charge in [0.1, 0.15) is 11.6 Å². The minimum Gasteiger partial charge on any atom is -0.357 e. The Hall–Kier alpha value is -2.32. The maximum Gasteiger partial charge on any atom is 0.266 e. The molecule has 20 heavy (non-hydrogen) atoms. The third-order valence-corrected chi connectivity index (χ3v) is 3.11. The predicted molar refractivity (Wildman–Crippen MR) is 81.8 cm³/mol. The van der Waals surface area contributed by atoms with Crippen molar-refractivity contribution in [2.24, 2.45) is 7.05 Å². The average molecular weight is 330 g/mol. The number of hydrogen-bond acceptors (Lipinski definition) is 2. The molecule has 1 heterocycles.